The first-order chi connectivity index (χ1) is 14.0. The molecule has 0 heterocycles. The first kappa shape index (κ1) is 22.7. The molecule has 3 N–H and O–H groups in total. The Labute approximate surface area is 170 Å². The summed E-state index contributed by atoms with van der Waals surface area (Å²) in [6.07, 6.45) is -4.42. The quantitative estimate of drug-likeness (QED) is 0.635. The number of rotatable bonds is 7. The molecule has 10 heteroatoms. The van der Waals surface area contributed by atoms with Crippen LogP contribution in [-0.4, -0.2) is 30.5 Å². The molecule has 0 atom stereocenters. The third-order valence-electron chi connectivity index (χ3n) is 3.61. The molecular formula is C20H20F3N3O4. The van der Waals surface area contributed by atoms with Crippen molar-refractivity contribution in [2.24, 2.45) is 0 Å². The maximum atomic E-state index is 12.5. The fourth-order valence-electron chi connectivity index (χ4n) is 2.46. The number of nitrogens with one attached hydrogen (secondary N) is 3. The third-order valence-corrected chi connectivity index (χ3v) is 3.61. The van der Waals surface area contributed by atoms with Gasteiger partial charge in [-0.2, -0.15) is 13.2 Å². The summed E-state index contributed by atoms with van der Waals surface area (Å²) in [5, 5.41) is 7.77. The Morgan fingerprint density at radius 1 is 0.900 bits per heavy atom. The summed E-state index contributed by atoms with van der Waals surface area (Å²) in [6, 6.07) is 10.2. The minimum atomic E-state index is -4.42. The van der Waals surface area contributed by atoms with E-state index in [4.69, 9.17) is 0 Å². The smallest absolute Gasteiger partial charge is 0.422 e. The van der Waals surface area contributed by atoms with Crippen LogP contribution in [0, 0.1) is 0 Å². The number of alkyl halides is 3. The molecule has 0 fully saturated rings. The van der Waals surface area contributed by atoms with Crippen LogP contribution in [0.2, 0.25) is 0 Å². The van der Waals surface area contributed by atoms with Crippen molar-refractivity contribution in [3.63, 3.8) is 0 Å². The van der Waals surface area contributed by atoms with Gasteiger partial charge in [-0.1, -0.05) is 12.1 Å². The molecule has 0 unspecified atom stereocenters. The average Bonchev–Trinajstić information content (AvgIpc) is 2.63. The highest BCUT2D eigenvalue weighted by Gasteiger charge is 2.28. The number of hydrogen-bond donors (Lipinski definition) is 3. The van der Waals surface area contributed by atoms with Gasteiger partial charge >= 0.3 is 6.18 Å². The standard InChI is InChI=1S/C20H20F3N3O4/c1-12(27)25-16-7-15(8-17(9-16)26-13(2)28)19(29)24-10-14-3-5-18(6-4-14)30-11-20(21,22)23/h3-9H,10-11H2,1-2H3,(H,24,29)(H,25,27)(H,26,28). The van der Waals surface area contributed by atoms with E-state index < -0.39 is 18.7 Å². The summed E-state index contributed by atoms with van der Waals surface area (Å²) in [7, 11) is 0. The third kappa shape index (κ3) is 7.82. The lowest BCUT2D eigenvalue weighted by Gasteiger charge is -2.12. The van der Waals surface area contributed by atoms with Gasteiger partial charge < -0.3 is 20.7 Å². The van der Waals surface area contributed by atoms with Gasteiger partial charge in [0.25, 0.3) is 5.91 Å². The van der Waals surface area contributed by atoms with E-state index in [0.717, 1.165) is 0 Å². The summed E-state index contributed by atoms with van der Waals surface area (Å²) in [6.45, 7) is 1.35. The Hall–Kier alpha value is -3.56. The van der Waals surface area contributed by atoms with E-state index in [-0.39, 0.29) is 29.7 Å². The molecular weight excluding hydrogens is 403 g/mol. The van der Waals surface area contributed by atoms with E-state index >= 15 is 0 Å². The molecule has 160 valence electrons. The molecule has 0 saturated heterocycles. The molecule has 0 aromatic heterocycles. The molecule has 0 saturated carbocycles. The normalized spacial score (nSPS) is 10.8. The van der Waals surface area contributed by atoms with Crippen LogP contribution in [0.3, 0.4) is 0 Å². The Morgan fingerprint density at radius 3 is 1.90 bits per heavy atom. The minimum Gasteiger partial charge on any atom is -0.484 e. The summed E-state index contributed by atoms with van der Waals surface area (Å²) >= 11 is 0. The van der Waals surface area contributed by atoms with Gasteiger partial charge in [0.15, 0.2) is 6.61 Å². The molecule has 0 aliphatic rings. The number of carbonyl (C=O) groups excluding carboxylic acids is 3. The number of ether oxygens (including phenoxy) is 1. The molecule has 0 aliphatic heterocycles. The van der Waals surface area contributed by atoms with Crippen LogP contribution in [0.15, 0.2) is 42.5 Å². The number of benzene rings is 2. The van der Waals surface area contributed by atoms with E-state index in [1.807, 2.05) is 0 Å². The monoisotopic (exact) mass is 423 g/mol. The highest BCUT2D eigenvalue weighted by Crippen LogP contribution is 2.21. The number of halogens is 3. The van der Waals surface area contributed by atoms with Crippen LogP contribution < -0.4 is 20.7 Å². The van der Waals surface area contributed by atoms with E-state index in [9.17, 15) is 27.6 Å². The second-order valence-corrected chi connectivity index (χ2v) is 6.39. The highest BCUT2D eigenvalue weighted by molar-refractivity contribution is 5.99. The van der Waals surface area contributed by atoms with Gasteiger partial charge in [-0.3, -0.25) is 14.4 Å². The second-order valence-electron chi connectivity index (χ2n) is 6.39. The molecule has 0 spiro atoms. The molecule has 2 rings (SSSR count). The summed E-state index contributed by atoms with van der Waals surface area (Å²) in [5.74, 6) is -1.08. The SMILES string of the molecule is CC(=O)Nc1cc(NC(C)=O)cc(C(=O)NCc2ccc(OCC(F)(F)F)cc2)c1. The van der Waals surface area contributed by atoms with Crippen molar-refractivity contribution in [2.45, 2.75) is 26.6 Å². The van der Waals surface area contributed by atoms with Gasteiger partial charge in [0.05, 0.1) is 0 Å². The Morgan fingerprint density at radius 2 is 1.43 bits per heavy atom. The van der Waals surface area contributed by atoms with E-state index in [0.29, 0.717) is 16.9 Å². The Balaban J connectivity index is 2.04. The van der Waals surface area contributed by atoms with Crippen LogP contribution in [-0.2, 0) is 16.1 Å². The Bertz CT molecular complexity index is 894. The molecule has 0 radical (unpaired) electrons. The van der Waals surface area contributed by atoms with Gasteiger partial charge in [0, 0.05) is 37.3 Å². The number of carbonyl (C=O) groups is 3. The molecule has 2 aromatic carbocycles. The number of amides is 3. The van der Waals surface area contributed by atoms with E-state index in [2.05, 4.69) is 20.7 Å². The lowest BCUT2D eigenvalue weighted by Crippen LogP contribution is -2.23. The van der Waals surface area contributed by atoms with Gasteiger partial charge in [0.1, 0.15) is 5.75 Å². The average molecular weight is 423 g/mol. The zero-order chi connectivity index (χ0) is 22.3. The van der Waals surface area contributed by atoms with E-state index in [1.54, 1.807) is 0 Å². The molecule has 0 bridgehead atoms. The van der Waals surface area contributed by atoms with Crippen LogP contribution in [0.4, 0.5) is 24.5 Å². The molecule has 7 nitrogen and oxygen atoms in total. The lowest BCUT2D eigenvalue weighted by molar-refractivity contribution is -0.153. The predicted octanol–water partition coefficient (Wildman–Crippen LogP) is 3.47. The fourth-order valence-corrected chi connectivity index (χ4v) is 2.46. The van der Waals surface area contributed by atoms with Crippen molar-refractivity contribution in [1.82, 2.24) is 5.32 Å². The van der Waals surface area contributed by atoms with Crippen molar-refractivity contribution in [3.8, 4) is 5.75 Å². The second kappa shape index (κ2) is 9.77. The van der Waals surface area contributed by atoms with Crippen LogP contribution in [0.5, 0.6) is 5.75 Å². The van der Waals surface area contributed by atoms with Crippen molar-refractivity contribution < 1.29 is 32.3 Å². The van der Waals surface area contributed by atoms with Gasteiger partial charge in [-0.05, 0) is 35.9 Å². The van der Waals surface area contributed by atoms with Crippen molar-refractivity contribution >= 4 is 29.1 Å². The van der Waals surface area contributed by atoms with Crippen LogP contribution in [0.1, 0.15) is 29.8 Å². The molecule has 30 heavy (non-hydrogen) atoms. The number of hydrogen-bond acceptors (Lipinski definition) is 4. The highest BCUT2D eigenvalue weighted by atomic mass is 19.4. The maximum Gasteiger partial charge on any atom is 0.422 e. The zero-order valence-electron chi connectivity index (χ0n) is 16.2. The minimum absolute atomic E-state index is 0.0605. The largest absolute Gasteiger partial charge is 0.484 e. The Kier molecular flexibility index (Phi) is 7.40. The van der Waals surface area contributed by atoms with Crippen LogP contribution in [0.25, 0.3) is 0 Å². The zero-order valence-corrected chi connectivity index (χ0v) is 16.2. The fraction of sp³-hybridized carbons (Fsp3) is 0.250. The van der Waals surface area contributed by atoms with Crippen LogP contribution >= 0.6 is 0 Å². The summed E-state index contributed by atoms with van der Waals surface area (Å²) < 4.78 is 41.1. The van der Waals surface area contributed by atoms with Gasteiger partial charge in [0.2, 0.25) is 11.8 Å². The predicted molar refractivity (Wildman–Crippen MR) is 104 cm³/mol. The van der Waals surface area contributed by atoms with Crippen molar-refractivity contribution in [2.75, 3.05) is 17.2 Å². The number of anilines is 2. The van der Waals surface area contributed by atoms with Crippen molar-refractivity contribution in [3.05, 3.63) is 53.6 Å². The molecule has 0 aliphatic carbocycles. The molecule has 3 amide bonds. The van der Waals surface area contributed by atoms with E-state index in [1.165, 1.54) is 56.3 Å². The first-order valence-electron chi connectivity index (χ1n) is 8.79. The van der Waals surface area contributed by atoms with Gasteiger partial charge in [-0.25, -0.2) is 0 Å². The topological polar surface area (TPSA) is 96.5 Å². The van der Waals surface area contributed by atoms with Gasteiger partial charge in [-0.15, -0.1) is 0 Å². The molecule has 2 aromatic rings. The lowest BCUT2D eigenvalue weighted by atomic mass is 10.1. The summed E-state index contributed by atoms with van der Waals surface area (Å²) in [4.78, 5) is 35.1. The van der Waals surface area contributed by atoms with Crippen molar-refractivity contribution in [1.29, 1.82) is 0 Å². The maximum absolute atomic E-state index is 12.5. The first-order valence-corrected chi connectivity index (χ1v) is 8.79. The summed E-state index contributed by atoms with van der Waals surface area (Å²) in [5.41, 5.74) is 1.52.